The summed E-state index contributed by atoms with van der Waals surface area (Å²) >= 11 is 2.05. The first kappa shape index (κ1) is 22.7. The van der Waals surface area contributed by atoms with E-state index in [2.05, 4.69) is 15.3 Å². The number of rotatable bonds is 8. The van der Waals surface area contributed by atoms with Crippen LogP contribution in [-0.4, -0.2) is 42.6 Å². The van der Waals surface area contributed by atoms with Crippen LogP contribution in [-0.2, 0) is 19.4 Å². The monoisotopic (exact) mass is 478 g/mol. The number of nitrogens with two attached hydrogens (primary N) is 1. The smallest absolute Gasteiger partial charge is 0.340 e. The normalized spacial score (nSPS) is 11.1. The first-order chi connectivity index (χ1) is 14.8. The molecule has 0 saturated carbocycles. The predicted molar refractivity (Wildman–Crippen MR) is 118 cm³/mol. The molecule has 1 aromatic carbocycles. The molecule has 0 aliphatic carbocycles. The molecule has 0 radical (unpaired) electrons. The van der Waals surface area contributed by atoms with Crippen molar-refractivity contribution in [2.75, 3.05) is 23.4 Å². The van der Waals surface area contributed by atoms with Gasteiger partial charge in [0.15, 0.2) is 5.16 Å². The van der Waals surface area contributed by atoms with Crippen LogP contribution in [0.3, 0.4) is 0 Å². The molecule has 0 unspecified atom stereocenters. The molecule has 31 heavy (non-hydrogen) atoms. The van der Waals surface area contributed by atoms with Crippen molar-refractivity contribution in [2.45, 2.75) is 21.2 Å². The fourth-order valence-corrected chi connectivity index (χ4v) is 5.46. The Morgan fingerprint density at radius 2 is 2.00 bits per heavy atom. The van der Waals surface area contributed by atoms with E-state index >= 15 is 0 Å². The molecule has 2 heterocycles. The number of thiophene rings is 1. The first-order valence-corrected chi connectivity index (χ1v) is 12.3. The van der Waals surface area contributed by atoms with Crippen molar-refractivity contribution in [3.8, 4) is 0 Å². The zero-order valence-corrected chi connectivity index (χ0v) is 18.7. The molecular weight excluding hydrogens is 460 g/mol. The summed E-state index contributed by atoms with van der Waals surface area (Å²) in [6.07, 6.45) is 1.13. The summed E-state index contributed by atoms with van der Waals surface area (Å²) in [5.74, 6) is -1.21. The van der Waals surface area contributed by atoms with E-state index in [1.54, 1.807) is 42.6 Å². The highest BCUT2D eigenvalue weighted by molar-refractivity contribution is 7.99. The number of nitrogens with zero attached hydrogens (tertiary/aromatic N) is 2. The van der Waals surface area contributed by atoms with Gasteiger partial charge in [0.1, 0.15) is 14.9 Å². The lowest BCUT2D eigenvalue weighted by Gasteiger charge is -2.10. The van der Waals surface area contributed by atoms with Crippen LogP contribution in [0.1, 0.15) is 17.3 Å². The Morgan fingerprint density at radius 1 is 1.23 bits per heavy atom. The van der Waals surface area contributed by atoms with E-state index in [1.165, 1.54) is 6.07 Å². The molecule has 0 fully saturated rings. The van der Waals surface area contributed by atoms with Crippen LogP contribution in [0, 0.1) is 0 Å². The molecular formula is C19H18N4O5S3. The van der Waals surface area contributed by atoms with Crippen LogP contribution in [0.2, 0.25) is 0 Å². The van der Waals surface area contributed by atoms with Gasteiger partial charge in [-0.3, -0.25) is 4.79 Å². The molecule has 0 aliphatic rings. The highest BCUT2D eigenvalue weighted by Gasteiger charge is 2.23. The number of anilines is 2. The minimum absolute atomic E-state index is 0.0758. The highest BCUT2D eigenvalue weighted by atomic mass is 32.2. The minimum Gasteiger partial charge on any atom is -0.462 e. The average Bonchev–Trinajstić information content (AvgIpc) is 3.28. The Balaban J connectivity index is 1.67. The number of aromatic nitrogens is 2. The van der Waals surface area contributed by atoms with Gasteiger partial charge >= 0.3 is 5.97 Å². The molecule has 12 heteroatoms. The Kier molecular flexibility index (Phi) is 7.25. The van der Waals surface area contributed by atoms with Gasteiger partial charge in [0.25, 0.3) is 0 Å². The Bertz CT molecular complexity index is 1200. The quantitative estimate of drug-likeness (QED) is 0.284. The van der Waals surface area contributed by atoms with Crippen molar-refractivity contribution >= 4 is 56.3 Å². The zero-order valence-electron chi connectivity index (χ0n) is 16.3. The number of nitrogen functional groups attached to an aromatic ring is 1. The molecule has 3 N–H and O–H groups in total. The molecule has 0 atom stereocenters. The minimum atomic E-state index is -3.80. The SMILES string of the molecule is CCOC(=O)c1ccccc1NC(=O)CSc1ncc(S(=O)(=O)c2cccs2)c(N)n1. The summed E-state index contributed by atoms with van der Waals surface area (Å²) in [7, 11) is -3.80. The van der Waals surface area contributed by atoms with Crippen molar-refractivity contribution in [1.82, 2.24) is 9.97 Å². The number of amides is 1. The number of ether oxygens (including phenoxy) is 1. The van der Waals surface area contributed by atoms with Crippen molar-refractivity contribution in [3.05, 3.63) is 53.5 Å². The maximum absolute atomic E-state index is 12.6. The summed E-state index contributed by atoms with van der Waals surface area (Å²) < 4.78 is 30.3. The van der Waals surface area contributed by atoms with Crippen LogP contribution < -0.4 is 11.1 Å². The van der Waals surface area contributed by atoms with E-state index in [1.807, 2.05) is 0 Å². The van der Waals surface area contributed by atoms with Crippen LogP contribution in [0.25, 0.3) is 0 Å². The van der Waals surface area contributed by atoms with Gasteiger partial charge in [0, 0.05) is 0 Å². The maximum atomic E-state index is 12.6. The molecule has 0 bridgehead atoms. The second kappa shape index (κ2) is 9.90. The molecule has 3 rings (SSSR count). The fourth-order valence-electron chi connectivity index (χ4n) is 2.46. The predicted octanol–water partition coefficient (Wildman–Crippen LogP) is 2.86. The van der Waals surface area contributed by atoms with Gasteiger partial charge in [0.05, 0.1) is 29.8 Å². The third-order valence-corrected chi connectivity index (χ3v) is 7.87. The second-order valence-corrected chi connectivity index (χ2v) is 9.98. The molecule has 0 aliphatic heterocycles. The zero-order chi connectivity index (χ0) is 22.4. The topological polar surface area (TPSA) is 141 Å². The van der Waals surface area contributed by atoms with Crippen LogP contribution in [0.15, 0.2) is 62.2 Å². The van der Waals surface area contributed by atoms with Crippen LogP contribution in [0.4, 0.5) is 11.5 Å². The number of esters is 1. The van der Waals surface area contributed by atoms with Gasteiger partial charge in [-0.25, -0.2) is 23.2 Å². The third-order valence-electron chi connectivity index (χ3n) is 3.84. The summed E-state index contributed by atoms with van der Waals surface area (Å²) in [5.41, 5.74) is 6.40. The lowest BCUT2D eigenvalue weighted by Crippen LogP contribution is -2.17. The largest absolute Gasteiger partial charge is 0.462 e. The number of benzene rings is 1. The van der Waals surface area contributed by atoms with Gasteiger partial charge in [-0.1, -0.05) is 30.0 Å². The molecule has 9 nitrogen and oxygen atoms in total. The summed E-state index contributed by atoms with van der Waals surface area (Å²) in [5, 5.41) is 4.44. The van der Waals surface area contributed by atoms with Gasteiger partial charge in [-0.05, 0) is 30.5 Å². The fraction of sp³-hybridized carbons (Fsp3) is 0.158. The number of sulfone groups is 1. The number of hydrogen-bond donors (Lipinski definition) is 2. The average molecular weight is 479 g/mol. The lowest BCUT2D eigenvalue weighted by atomic mass is 10.2. The maximum Gasteiger partial charge on any atom is 0.340 e. The molecule has 1 amide bonds. The number of carbonyl (C=O) groups excluding carboxylic acids is 2. The Hall–Kier alpha value is -2.96. The molecule has 0 saturated heterocycles. The molecule has 2 aromatic heterocycles. The van der Waals surface area contributed by atoms with Crippen molar-refractivity contribution in [3.63, 3.8) is 0 Å². The standard InChI is InChI=1S/C19H18N4O5S3/c1-2-28-18(25)12-6-3-4-7-13(12)22-15(24)11-30-19-21-10-14(17(20)23-19)31(26,27)16-8-5-9-29-16/h3-10H,2,11H2,1H3,(H,22,24)(H2,20,21,23). The van der Waals surface area contributed by atoms with E-state index in [0.29, 0.717) is 5.69 Å². The highest BCUT2D eigenvalue weighted by Crippen LogP contribution is 2.28. The van der Waals surface area contributed by atoms with Gasteiger partial charge in [0.2, 0.25) is 15.7 Å². The number of carbonyl (C=O) groups is 2. The molecule has 0 spiro atoms. The van der Waals surface area contributed by atoms with E-state index < -0.39 is 21.7 Å². The van der Waals surface area contributed by atoms with E-state index in [4.69, 9.17) is 10.5 Å². The van der Waals surface area contributed by atoms with Gasteiger partial charge < -0.3 is 15.8 Å². The first-order valence-electron chi connectivity index (χ1n) is 8.92. The number of nitrogens with one attached hydrogen (secondary N) is 1. The summed E-state index contributed by atoms with van der Waals surface area (Å²) in [6.45, 7) is 1.91. The summed E-state index contributed by atoms with van der Waals surface area (Å²) in [6, 6.07) is 9.59. The lowest BCUT2D eigenvalue weighted by molar-refractivity contribution is -0.113. The van der Waals surface area contributed by atoms with Crippen LogP contribution >= 0.6 is 23.1 Å². The van der Waals surface area contributed by atoms with Crippen molar-refractivity contribution in [1.29, 1.82) is 0 Å². The van der Waals surface area contributed by atoms with E-state index in [0.717, 1.165) is 29.3 Å². The van der Waals surface area contributed by atoms with Gasteiger partial charge in [-0.2, -0.15) is 0 Å². The van der Waals surface area contributed by atoms with E-state index in [-0.39, 0.29) is 38.0 Å². The van der Waals surface area contributed by atoms with Crippen molar-refractivity contribution in [2.24, 2.45) is 0 Å². The number of thioether (sulfide) groups is 1. The number of para-hydroxylation sites is 1. The summed E-state index contributed by atoms with van der Waals surface area (Å²) in [4.78, 5) is 32.1. The Labute approximate surface area is 187 Å². The molecule has 3 aromatic rings. The van der Waals surface area contributed by atoms with Crippen LogP contribution in [0.5, 0.6) is 0 Å². The van der Waals surface area contributed by atoms with E-state index in [9.17, 15) is 18.0 Å². The number of hydrogen-bond acceptors (Lipinski definition) is 10. The van der Waals surface area contributed by atoms with Gasteiger partial charge in [-0.15, -0.1) is 11.3 Å². The Morgan fingerprint density at radius 3 is 2.68 bits per heavy atom. The second-order valence-electron chi connectivity index (χ2n) is 5.94. The molecule has 162 valence electrons. The van der Waals surface area contributed by atoms with Crippen molar-refractivity contribution < 1.29 is 22.7 Å². The third kappa shape index (κ3) is 5.40.